The second-order valence-corrected chi connectivity index (χ2v) is 10.6. The van der Waals surface area contributed by atoms with Crippen LogP contribution in [0.5, 0.6) is 0 Å². The minimum absolute atomic E-state index is 0.546. The fourth-order valence-electron chi connectivity index (χ4n) is 5.86. The number of aryl methyl sites for hydroxylation is 1. The summed E-state index contributed by atoms with van der Waals surface area (Å²) < 4.78 is 0.852. The molecule has 3 atom stereocenters. The van der Waals surface area contributed by atoms with Crippen molar-refractivity contribution in [2.75, 3.05) is 24.5 Å². The number of nitrogens with two attached hydrogens (primary N) is 1. The Kier molecular flexibility index (Phi) is 4.38. The smallest absolute Gasteiger partial charge is 0.243 e. The summed E-state index contributed by atoms with van der Waals surface area (Å²) in [6.45, 7) is 4.97. The molecule has 1 saturated carbocycles. The average molecular weight is 469 g/mol. The molecule has 2 aliphatic carbocycles. The van der Waals surface area contributed by atoms with E-state index in [0.717, 1.165) is 47.2 Å². The van der Waals surface area contributed by atoms with Crippen molar-refractivity contribution in [1.29, 1.82) is 0 Å². The fraction of sp³-hybridized carbons (Fsp3) is 0.308. The summed E-state index contributed by atoms with van der Waals surface area (Å²) in [4.78, 5) is 17.8. The normalized spacial score (nSPS) is 22.1. The highest BCUT2D eigenvalue weighted by atomic mass is 32.2. The Hall–Kier alpha value is -3.23. The lowest BCUT2D eigenvalue weighted by Gasteiger charge is -2.24. The summed E-state index contributed by atoms with van der Waals surface area (Å²) in [6.07, 6.45) is 4.11. The molecule has 34 heavy (non-hydrogen) atoms. The van der Waals surface area contributed by atoms with E-state index in [1.165, 1.54) is 40.2 Å². The molecule has 0 amide bonds. The highest BCUT2D eigenvalue weighted by molar-refractivity contribution is 7.99. The van der Waals surface area contributed by atoms with E-state index >= 15 is 0 Å². The fourth-order valence-corrected chi connectivity index (χ4v) is 6.64. The van der Waals surface area contributed by atoms with Crippen LogP contribution in [0.2, 0.25) is 0 Å². The molecule has 1 unspecified atom stereocenters. The van der Waals surface area contributed by atoms with Gasteiger partial charge in [0.1, 0.15) is 11.3 Å². The number of anilines is 1. The zero-order valence-corrected chi connectivity index (χ0v) is 19.6. The van der Waals surface area contributed by atoms with E-state index in [2.05, 4.69) is 35.0 Å². The van der Waals surface area contributed by atoms with E-state index in [-0.39, 0.29) is 0 Å². The molecule has 1 aliphatic heterocycles. The van der Waals surface area contributed by atoms with Gasteiger partial charge in [-0.25, -0.2) is 15.0 Å². The first-order chi connectivity index (χ1) is 16.6. The van der Waals surface area contributed by atoms with E-state index < -0.39 is 0 Å². The zero-order valence-electron chi connectivity index (χ0n) is 18.8. The van der Waals surface area contributed by atoms with Crippen LogP contribution in [0.1, 0.15) is 16.8 Å². The minimum Gasteiger partial charge on any atom is -0.618 e. The molecule has 7 rings (SSSR count). The quantitative estimate of drug-likeness (QED) is 0.246. The topological polar surface area (TPSA) is 94.9 Å². The molecule has 3 aliphatic rings. The second kappa shape index (κ2) is 7.38. The van der Waals surface area contributed by atoms with Gasteiger partial charge >= 0.3 is 0 Å². The van der Waals surface area contributed by atoms with E-state index in [1.54, 1.807) is 12.3 Å². The van der Waals surface area contributed by atoms with Crippen molar-refractivity contribution in [1.82, 2.24) is 15.0 Å². The molecular formula is C26H24N6OS. The van der Waals surface area contributed by atoms with Gasteiger partial charge in [0.15, 0.2) is 11.4 Å². The predicted molar refractivity (Wildman–Crippen MR) is 132 cm³/mol. The molecule has 0 bridgehead atoms. The van der Waals surface area contributed by atoms with Crippen LogP contribution in [0.4, 0.5) is 5.82 Å². The molecule has 2 fully saturated rings. The van der Waals surface area contributed by atoms with Crippen molar-refractivity contribution in [3.63, 3.8) is 0 Å². The Morgan fingerprint density at radius 3 is 2.85 bits per heavy atom. The minimum atomic E-state index is 0.546. The number of aromatic nitrogens is 4. The summed E-state index contributed by atoms with van der Waals surface area (Å²) in [5.74, 6) is 3.06. The number of hydrogen-bond acceptors (Lipinski definition) is 7. The van der Waals surface area contributed by atoms with Gasteiger partial charge in [0.2, 0.25) is 5.52 Å². The molecule has 8 heteroatoms. The number of benzene rings is 1. The Balaban J connectivity index is 1.30. The van der Waals surface area contributed by atoms with Gasteiger partial charge in [-0.3, -0.25) is 0 Å². The highest BCUT2D eigenvalue weighted by Crippen LogP contribution is 2.53. The Morgan fingerprint density at radius 2 is 2.03 bits per heavy atom. The summed E-state index contributed by atoms with van der Waals surface area (Å²) in [5, 5.41) is 12.9. The molecule has 0 radical (unpaired) electrons. The molecule has 3 aromatic heterocycles. The lowest BCUT2D eigenvalue weighted by Crippen LogP contribution is -2.27. The van der Waals surface area contributed by atoms with Crippen LogP contribution in [0, 0.1) is 29.9 Å². The third-order valence-corrected chi connectivity index (χ3v) is 8.53. The zero-order chi connectivity index (χ0) is 23.0. The highest BCUT2D eigenvalue weighted by Gasteiger charge is 2.55. The first kappa shape index (κ1) is 20.2. The van der Waals surface area contributed by atoms with E-state index in [4.69, 9.17) is 15.7 Å². The number of hydrogen-bond donors (Lipinski definition) is 1. The van der Waals surface area contributed by atoms with Crippen LogP contribution in [-0.2, 0) is 6.42 Å². The number of rotatable bonds is 4. The van der Waals surface area contributed by atoms with E-state index in [0.29, 0.717) is 33.9 Å². The van der Waals surface area contributed by atoms with Crippen molar-refractivity contribution in [2.24, 2.45) is 23.5 Å². The van der Waals surface area contributed by atoms with Crippen LogP contribution in [0.3, 0.4) is 0 Å². The van der Waals surface area contributed by atoms with Crippen LogP contribution in [0.25, 0.3) is 22.2 Å². The summed E-state index contributed by atoms with van der Waals surface area (Å²) >= 11 is 1.47. The third-order valence-electron chi connectivity index (χ3n) is 7.71. The first-order valence-electron chi connectivity index (χ1n) is 11.7. The van der Waals surface area contributed by atoms with Crippen LogP contribution in [-0.4, -0.2) is 34.6 Å². The van der Waals surface area contributed by atoms with Gasteiger partial charge < -0.3 is 15.8 Å². The first-order valence-corrected chi connectivity index (χ1v) is 12.5. The summed E-state index contributed by atoms with van der Waals surface area (Å²) in [7, 11) is 0. The Morgan fingerprint density at radius 1 is 1.18 bits per heavy atom. The Bertz CT molecular complexity index is 1460. The van der Waals surface area contributed by atoms with Crippen molar-refractivity contribution in [2.45, 2.75) is 23.4 Å². The number of piperidine rings is 1. The van der Waals surface area contributed by atoms with Crippen LogP contribution >= 0.6 is 11.8 Å². The monoisotopic (exact) mass is 468 g/mol. The molecular weight excluding hydrogens is 444 g/mol. The lowest BCUT2D eigenvalue weighted by molar-refractivity contribution is -0.577. The summed E-state index contributed by atoms with van der Waals surface area (Å²) in [6, 6.07) is 11.9. The molecule has 170 valence electrons. The van der Waals surface area contributed by atoms with Crippen molar-refractivity contribution >= 4 is 28.6 Å². The lowest BCUT2D eigenvalue weighted by atomic mass is 10.0. The molecule has 4 aromatic rings. The second-order valence-electron chi connectivity index (χ2n) is 9.57. The Labute approximate surface area is 201 Å². The van der Waals surface area contributed by atoms with E-state index in [9.17, 15) is 5.21 Å². The maximum atomic E-state index is 12.2. The summed E-state index contributed by atoms with van der Waals surface area (Å²) in [5.41, 5.74) is 13.3. The maximum absolute atomic E-state index is 12.2. The standard InChI is InChI=1S/C26H24N6OS/c1-14-4-2-5-16-17(14)9-22-24(16)25(31-12-19-18(10-27)20(19)13-31)30-26(29-22)34-15-8-23-21(28-11-15)6-3-7-32(23)33/h2-8,11,18-20H,9-10,12-13,27H2,1H3/t18?,19-,20+. The van der Waals surface area contributed by atoms with Gasteiger partial charge in [0.25, 0.3) is 0 Å². The van der Waals surface area contributed by atoms with Gasteiger partial charge in [-0.1, -0.05) is 18.2 Å². The number of nitrogens with zero attached hydrogens (tertiary/aromatic N) is 5. The van der Waals surface area contributed by atoms with Gasteiger partial charge in [0, 0.05) is 48.3 Å². The predicted octanol–water partition coefficient (Wildman–Crippen LogP) is 3.33. The molecule has 1 saturated heterocycles. The molecule has 1 aromatic carbocycles. The molecule has 4 heterocycles. The molecule has 0 spiro atoms. The van der Waals surface area contributed by atoms with Crippen LogP contribution in [0.15, 0.2) is 58.8 Å². The van der Waals surface area contributed by atoms with Gasteiger partial charge in [0.05, 0.1) is 5.69 Å². The number of pyridine rings is 2. The third kappa shape index (κ3) is 3.02. The van der Waals surface area contributed by atoms with Crippen molar-refractivity contribution < 1.29 is 4.73 Å². The van der Waals surface area contributed by atoms with Crippen molar-refractivity contribution in [3.8, 4) is 11.1 Å². The van der Waals surface area contributed by atoms with Crippen LogP contribution < -0.4 is 15.4 Å². The number of fused-ring (bicyclic) bond motifs is 5. The van der Waals surface area contributed by atoms with E-state index in [1.807, 2.05) is 12.1 Å². The molecule has 7 nitrogen and oxygen atoms in total. The average Bonchev–Trinajstić information content (AvgIpc) is 3.15. The maximum Gasteiger partial charge on any atom is 0.243 e. The van der Waals surface area contributed by atoms with Gasteiger partial charge in [-0.05, 0) is 65.7 Å². The largest absolute Gasteiger partial charge is 0.618 e. The van der Waals surface area contributed by atoms with Gasteiger partial charge in [-0.2, -0.15) is 4.73 Å². The van der Waals surface area contributed by atoms with Crippen molar-refractivity contribution in [3.05, 3.63) is 70.8 Å². The SMILES string of the molecule is Cc1cccc2c1Cc1nc(Sc3cnc4ccc[n+]([O-])c4c3)nc(N3C[C@@H]4C(CN)[C@@H]4C3)c1-2. The molecule has 2 N–H and O–H groups in total. The van der Waals surface area contributed by atoms with Gasteiger partial charge in [-0.15, -0.1) is 0 Å².